The molecule has 0 aromatic heterocycles. The van der Waals surface area contributed by atoms with Crippen molar-refractivity contribution < 1.29 is 9.84 Å². The second-order valence-corrected chi connectivity index (χ2v) is 5.98. The Hall–Kier alpha value is -0.900. The van der Waals surface area contributed by atoms with Gasteiger partial charge in [-0.3, -0.25) is 0 Å². The zero-order valence-electron chi connectivity index (χ0n) is 11.6. The molecule has 3 rings (SSSR count). The van der Waals surface area contributed by atoms with Crippen LogP contribution in [0.25, 0.3) is 0 Å². The summed E-state index contributed by atoms with van der Waals surface area (Å²) < 4.78 is 5.66. The molecule has 1 aliphatic carbocycles. The van der Waals surface area contributed by atoms with Crippen molar-refractivity contribution in [3.8, 4) is 0 Å². The summed E-state index contributed by atoms with van der Waals surface area (Å²) in [5.74, 6) is 0. The molecule has 1 heterocycles. The van der Waals surface area contributed by atoms with E-state index in [2.05, 4.69) is 24.3 Å². The number of nitrogens with two attached hydrogens (primary N) is 1. The van der Waals surface area contributed by atoms with Crippen LogP contribution in [0.5, 0.6) is 0 Å². The zero-order chi connectivity index (χ0) is 13.5. The predicted octanol–water partition coefficient (Wildman–Crippen LogP) is 1.76. The van der Waals surface area contributed by atoms with Crippen LogP contribution in [0.15, 0.2) is 24.3 Å². The summed E-state index contributed by atoms with van der Waals surface area (Å²) in [6.07, 6.45) is 3.65. The van der Waals surface area contributed by atoms with Gasteiger partial charge >= 0.3 is 0 Å². The number of ether oxygens (including phenoxy) is 1. The van der Waals surface area contributed by atoms with E-state index in [1.807, 2.05) is 6.92 Å². The molecule has 0 saturated carbocycles. The highest BCUT2D eigenvalue weighted by Crippen LogP contribution is 2.49. The van der Waals surface area contributed by atoms with Crippen LogP contribution in [0.2, 0.25) is 0 Å². The highest BCUT2D eigenvalue weighted by molar-refractivity contribution is 5.41. The number of aliphatic hydroxyl groups is 1. The summed E-state index contributed by atoms with van der Waals surface area (Å²) in [6, 6.07) is 8.44. The maximum absolute atomic E-state index is 11.3. The van der Waals surface area contributed by atoms with Crippen molar-refractivity contribution >= 4 is 0 Å². The fourth-order valence-corrected chi connectivity index (χ4v) is 4.12. The molecule has 3 N–H and O–H groups in total. The summed E-state index contributed by atoms with van der Waals surface area (Å²) >= 11 is 0. The lowest BCUT2D eigenvalue weighted by Crippen LogP contribution is -2.60. The lowest BCUT2D eigenvalue weighted by atomic mass is 9.58. The van der Waals surface area contributed by atoms with Crippen LogP contribution in [0.4, 0.5) is 0 Å². The van der Waals surface area contributed by atoms with Gasteiger partial charge in [0.1, 0.15) is 5.60 Å². The standard InChI is InChI=1S/C16H23NO2/c1-12-16(18,9-10-19-12)15(11-17)8-4-6-13-5-2-3-7-14(13)15/h2-3,5,7,12,18H,4,6,8-11,17H2,1H3. The number of hydrogen-bond donors (Lipinski definition) is 2. The molecule has 3 atom stereocenters. The molecule has 2 aliphatic rings. The first-order chi connectivity index (χ1) is 9.14. The molecule has 0 bridgehead atoms. The van der Waals surface area contributed by atoms with E-state index in [1.54, 1.807) is 0 Å². The molecule has 1 aliphatic heterocycles. The normalized spacial score (nSPS) is 38.2. The number of hydrogen-bond acceptors (Lipinski definition) is 3. The van der Waals surface area contributed by atoms with Crippen molar-refractivity contribution in [2.45, 2.75) is 49.7 Å². The fourth-order valence-electron chi connectivity index (χ4n) is 4.12. The lowest BCUT2D eigenvalue weighted by molar-refractivity contribution is -0.0887. The number of fused-ring (bicyclic) bond motifs is 1. The predicted molar refractivity (Wildman–Crippen MR) is 75.1 cm³/mol. The van der Waals surface area contributed by atoms with Gasteiger partial charge in [-0.1, -0.05) is 24.3 Å². The second kappa shape index (κ2) is 4.58. The van der Waals surface area contributed by atoms with E-state index in [0.29, 0.717) is 19.6 Å². The smallest absolute Gasteiger partial charge is 0.103 e. The van der Waals surface area contributed by atoms with E-state index in [-0.39, 0.29) is 11.5 Å². The Labute approximate surface area is 114 Å². The Balaban J connectivity index is 2.15. The van der Waals surface area contributed by atoms with Crippen LogP contribution >= 0.6 is 0 Å². The number of benzene rings is 1. The molecule has 1 fully saturated rings. The van der Waals surface area contributed by atoms with Gasteiger partial charge in [0.25, 0.3) is 0 Å². The highest BCUT2D eigenvalue weighted by Gasteiger charge is 2.57. The molecule has 1 aromatic rings. The van der Waals surface area contributed by atoms with Gasteiger partial charge in [-0.05, 0) is 37.3 Å². The average molecular weight is 261 g/mol. The zero-order valence-corrected chi connectivity index (χ0v) is 11.6. The molecule has 3 unspecified atom stereocenters. The molecule has 19 heavy (non-hydrogen) atoms. The Kier molecular flexibility index (Phi) is 3.16. The number of aryl methyl sites for hydroxylation is 1. The molecule has 3 heteroatoms. The first-order valence-electron chi connectivity index (χ1n) is 7.26. The molecule has 0 radical (unpaired) electrons. The Morgan fingerprint density at radius 3 is 2.84 bits per heavy atom. The van der Waals surface area contributed by atoms with Gasteiger partial charge in [0.2, 0.25) is 0 Å². The highest BCUT2D eigenvalue weighted by atomic mass is 16.5. The van der Waals surface area contributed by atoms with Crippen molar-refractivity contribution in [2.75, 3.05) is 13.2 Å². The van der Waals surface area contributed by atoms with Gasteiger partial charge in [0, 0.05) is 25.0 Å². The van der Waals surface area contributed by atoms with Crippen LogP contribution in [0.1, 0.15) is 37.3 Å². The van der Waals surface area contributed by atoms with Crippen molar-refractivity contribution in [1.82, 2.24) is 0 Å². The minimum absolute atomic E-state index is 0.151. The summed E-state index contributed by atoms with van der Waals surface area (Å²) in [5, 5.41) is 11.3. The van der Waals surface area contributed by atoms with Gasteiger partial charge in [-0.2, -0.15) is 0 Å². The first kappa shape index (κ1) is 13.1. The average Bonchev–Trinajstić information content (AvgIpc) is 2.79. The molecular formula is C16H23NO2. The molecule has 1 aromatic carbocycles. The fraction of sp³-hybridized carbons (Fsp3) is 0.625. The lowest BCUT2D eigenvalue weighted by Gasteiger charge is -2.49. The van der Waals surface area contributed by atoms with Gasteiger partial charge < -0.3 is 15.6 Å². The quantitative estimate of drug-likeness (QED) is 0.853. The molecule has 1 saturated heterocycles. The Bertz CT molecular complexity index is 476. The van der Waals surface area contributed by atoms with Gasteiger partial charge in [-0.25, -0.2) is 0 Å². The van der Waals surface area contributed by atoms with Crippen LogP contribution in [0.3, 0.4) is 0 Å². The SMILES string of the molecule is CC1OCCC1(O)C1(CN)CCCc2ccccc21. The first-order valence-corrected chi connectivity index (χ1v) is 7.26. The molecule has 0 spiro atoms. The van der Waals surface area contributed by atoms with Crippen LogP contribution in [-0.4, -0.2) is 30.0 Å². The monoisotopic (exact) mass is 261 g/mol. The Morgan fingerprint density at radius 1 is 1.37 bits per heavy atom. The van der Waals surface area contributed by atoms with E-state index in [4.69, 9.17) is 10.5 Å². The molecule has 3 nitrogen and oxygen atoms in total. The van der Waals surface area contributed by atoms with E-state index in [1.165, 1.54) is 11.1 Å². The van der Waals surface area contributed by atoms with Crippen molar-refractivity contribution in [1.29, 1.82) is 0 Å². The molecule has 104 valence electrons. The third-order valence-corrected chi connectivity index (χ3v) is 5.28. The van der Waals surface area contributed by atoms with Crippen LogP contribution < -0.4 is 5.73 Å². The van der Waals surface area contributed by atoms with E-state index in [9.17, 15) is 5.11 Å². The topological polar surface area (TPSA) is 55.5 Å². The summed E-state index contributed by atoms with van der Waals surface area (Å²) in [5.41, 5.74) is 7.56. The maximum Gasteiger partial charge on any atom is 0.103 e. The minimum Gasteiger partial charge on any atom is -0.386 e. The Morgan fingerprint density at radius 2 is 2.16 bits per heavy atom. The van der Waals surface area contributed by atoms with Crippen molar-refractivity contribution in [2.24, 2.45) is 5.73 Å². The van der Waals surface area contributed by atoms with E-state index < -0.39 is 5.60 Å². The second-order valence-electron chi connectivity index (χ2n) is 5.98. The summed E-state index contributed by atoms with van der Waals surface area (Å²) in [4.78, 5) is 0. The maximum atomic E-state index is 11.3. The van der Waals surface area contributed by atoms with Gasteiger partial charge in [0.15, 0.2) is 0 Å². The minimum atomic E-state index is -0.835. The van der Waals surface area contributed by atoms with E-state index >= 15 is 0 Å². The third-order valence-electron chi connectivity index (χ3n) is 5.28. The molecule has 0 amide bonds. The summed E-state index contributed by atoms with van der Waals surface area (Å²) in [6.45, 7) is 3.08. The molecular weight excluding hydrogens is 238 g/mol. The van der Waals surface area contributed by atoms with Gasteiger partial charge in [-0.15, -0.1) is 0 Å². The van der Waals surface area contributed by atoms with Gasteiger partial charge in [0.05, 0.1) is 6.10 Å². The number of rotatable bonds is 2. The van der Waals surface area contributed by atoms with Crippen LogP contribution in [-0.2, 0) is 16.6 Å². The van der Waals surface area contributed by atoms with Crippen molar-refractivity contribution in [3.05, 3.63) is 35.4 Å². The largest absolute Gasteiger partial charge is 0.386 e. The summed E-state index contributed by atoms with van der Waals surface area (Å²) in [7, 11) is 0. The third kappa shape index (κ3) is 1.69. The van der Waals surface area contributed by atoms with Crippen molar-refractivity contribution in [3.63, 3.8) is 0 Å². The van der Waals surface area contributed by atoms with E-state index in [0.717, 1.165) is 19.3 Å². The van der Waals surface area contributed by atoms with Crippen LogP contribution in [0, 0.1) is 0 Å².